The quantitative estimate of drug-likeness (QED) is 0.818. The van der Waals surface area contributed by atoms with Crippen LogP contribution in [0.5, 0.6) is 0 Å². The number of ether oxygens (including phenoxy) is 1. The molecule has 5 rings (SSSR count). The fourth-order valence-electron chi connectivity index (χ4n) is 4.26. The number of benzene rings is 1. The second kappa shape index (κ2) is 6.64. The molecule has 3 fully saturated rings. The molecule has 27 heavy (non-hydrogen) atoms. The first-order chi connectivity index (χ1) is 13.2. The number of aromatic nitrogens is 2. The second-order valence-corrected chi connectivity index (χ2v) is 7.72. The Kier molecular flexibility index (Phi) is 4.11. The highest BCUT2D eigenvalue weighted by Gasteiger charge is 2.41. The number of hydrogen-bond donors (Lipinski definition) is 0. The Balaban J connectivity index is 1.46. The molecule has 2 aromatic rings. The van der Waals surface area contributed by atoms with E-state index in [1.807, 2.05) is 38.6 Å². The van der Waals surface area contributed by atoms with Crippen LogP contribution in [-0.4, -0.2) is 70.1 Å². The summed E-state index contributed by atoms with van der Waals surface area (Å²) in [5.74, 6) is 1.24. The maximum Gasteiger partial charge on any atom is 0.242 e. The van der Waals surface area contributed by atoms with E-state index in [0.29, 0.717) is 38.8 Å². The number of rotatable bonds is 4. The summed E-state index contributed by atoms with van der Waals surface area (Å²) >= 11 is 0. The Morgan fingerprint density at radius 3 is 2.74 bits per heavy atom. The third kappa shape index (κ3) is 3.10. The van der Waals surface area contributed by atoms with E-state index >= 15 is 0 Å². The summed E-state index contributed by atoms with van der Waals surface area (Å²) in [5, 5.41) is 0. The molecule has 0 radical (unpaired) electrons. The number of imidazole rings is 1. The van der Waals surface area contributed by atoms with Gasteiger partial charge in [0, 0.05) is 38.0 Å². The maximum absolute atomic E-state index is 12.9. The van der Waals surface area contributed by atoms with Gasteiger partial charge in [-0.25, -0.2) is 4.98 Å². The van der Waals surface area contributed by atoms with Crippen LogP contribution in [0.25, 0.3) is 11.0 Å². The molecule has 7 heteroatoms. The van der Waals surface area contributed by atoms with E-state index in [2.05, 4.69) is 0 Å². The molecule has 7 nitrogen and oxygen atoms in total. The van der Waals surface area contributed by atoms with Gasteiger partial charge in [0.15, 0.2) is 0 Å². The van der Waals surface area contributed by atoms with E-state index in [4.69, 9.17) is 9.72 Å². The van der Waals surface area contributed by atoms with Crippen LogP contribution in [0, 0.1) is 0 Å². The molecule has 2 saturated heterocycles. The molecule has 1 aliphatic carbocycles. The third-order valence-corrected chi connectivity index (χ3v) is 5.85. The van der Waals surface area contributed by atoms with Gasteiger partial charge < -0.3 is 19.1 Å². The molecule has 1 aromatic heterocycles. The molecule has 142 valence electrons. The summed E-state index contributed by atoms with van der Waals surface area (Å²) in [7, 11) is 0. The van der Waals surface area contributed by atoms with Gasteiger partial charge in [0.05, 0.1) is 24.2 Å². The summed E-state index contributed by atoms with van der Waals surface area (Å²) in [4.78, 5) is 34.0. The van der Waals surface area contributed by atoms with Gasteiger partial charge in [0.1, 0.15) is 12.4 Å². The van der Waals surface area contributed by atoms with Crippen molar-refractivity contribution in [3.63, 3.8) is 0 Å². The highest BCUT2D eigenvalue weighted by atomic mass is 16.5. The highest BCUT2D eigenvalue weighted by molar-refractivity contribution is 5.83. The van der Waals surface area contributed by atoms with Gasteiger partial charge in [0.2, 0.25) is 11.8 Å². The van der Waals surface area contributed by atoms with Gasteiger partial charge in [-0.3, -0.25) is 9.59 Å². The summed E-state index contributed by atoms with van der Waals surface area (Å²) in [6.07, 6.45) is 2.72. The SMILES string of the molecule is O=C(Cn1c(C2CC(=O)N(C3CC3)C2)nc2ccccc21)N1CCOCC1. The van der Waals surface area contributed by atoms with Crippen LogP contribution in [0.3, 0.4) is 0 Å². The van der Waals surface area contributed by atoms with Gasteiger partial charge in [-0.1, -0.05) is 12.1 Å². The molecule has 3 heterocycles. The Hall–Kier alpha value is -2.41. The molecular formula is C20H24N4O3. The van der Waals surface area contributed by atoms with Crippen LogP contribution in [0.1, 0.15) is 31.0 Å². The maximum atomic E-state index is 12.9. The number of nitrogens with zero attached hydrogens (tertiary/aromatic N) is 4. The average Bonchev–Trinajstić information content (AvgIpc) is 3.38. The molecule has 1 saturated carbocycles. The average molecular weight is 368 g/mol. The number of carbonyl (C=O) groups is 2. The van der Waals surface area contributed by atoms with Gasteiger partial charge in [-0.15, -0.1) is 0 Å². The van der Waals surface area contributed by atoms with Crippen molar-refractivity contribution in [1.29, 1.82) is 0 Å². The van der Waals surface area contributed by atoms with E-state index in [9.17, 15) is 9.59 Å². The van der Waals surface area contributed by atoms with Crippen molar-refractivity contribution in [1.82, 2.24) is 19.4 Å². The number of likely N-dealkylation sites (tertiary alicyclic amines) is 1. The van der Waals surface area contributed by atoms with Crippen molar-refractivity contribution in [3.8, 4) is 0 Å². The molecule has 0 spiro atoms. The topological polar surface area (TPSA) is 67.7 Å². The Morgan fingerprint density at radius 1 is 1.19 bits per heavy atom. The molecule has 1 atom stereocenters. The zero-order valence-corrected chi connectivity index (χ0v) is 15.3. The summed E-state index contributed by atoms with van der Waals surface area (Å²) in [5.41, 5.74) is 1.85. The largest absolute Gasteiger partial charge is 0.378 e. The number of hydrogen-bond acceptors (Lipinski definition) is 4. The first-order valence-corrected chi connectivity index (χ1v) is 9.81. The van der Waals surface area contributed by atoms with Crippen LogP contribution in [0.2, 0.25) is 0 Å². The summed E-state index contributed by atoms with van der Waals surface area (Å²) < 4.78 is 7.39. The van der Waals surface area contributed by atoms with Crippen molar-refractivity contribution < 1.29 is 14.3 Å². The number of para-hydroxylation sites is 2. The van der Waals surface area contributed by atoms with Gasteiger partial charge >= 0.3 is 0 Å². The first-order valence-electron chi connectivity index (χ1n) is 9.81. The summed E-state index contributed by atoms with van der Waals surface area (Å²) in [6.45, 7) is 3.45. The fraction of sp³-hybridized carbons (Fsp3) is 0.550. The van der Waals surface area contributed by atoms with E-state index in [-0.39, 0.29) is 24.3 Å². The molecule has 2 amide bonds. The van der Waals surface area contributed by atoms with Gasteiger partial charge in [-0.05, 0) is 25.0 Å². The minimum Gasteiger partial charge on any atom is -0.378 e. The van der Waals surface area contributed by atoms with Gasteiger partial charge in [-0.2, -0.15) is 0 Å². The monoisotopic (exact) mass is 368 g/mol. The zero-order chi connectivity index (χ0) is 18.4. The lowest BCUT2D eigenvalue weighted by atomic mass is 10.1. The van der Waals surface area contributed by atoms with Gasteiger partial charge in [0.25, 0.3) is 0 Å². The van der Waals surface area contributed by atoms with Crippen LogP contribution in [-0.2, 0) is 20.9 Å². The lowest BCUT2D eigenvalue weighted by Crippen LogP contribution is -2.42. The third-order valence-electron chi connectivity index (χ3n) is 5.85. The second-order valence-electron chi connectivity index (χ2n) is 7.72. The standard InChI is InChI=1S/C20H24N4O3/c25-18-11-14(12-23(18)15-5-6-15)20-21-16-3-1-2-4-17(16)24(20)13-19(26)22-7-9-27-10-8-22/h1-4,14-15H,5-13H2. The predicted octanol–water partition coefficient (Wildman–Crippen LogP) is 1.37. The van der Waals surface area contributed by atoms with Crippen molar-refractivity contribution in [2.45, 2.75) is 37.8 Å². The van der Waals surface area contributed by atoms with Crippen LogP contribution in [0.15, 0.2) is 24.3 Å². The molecule has 0 N–H and O–H groups in total. The minimum absolute atomic E-state index is 0.0583. The number of morpholine rings is 1. The van der Waals surface area contributed by atoms with E-state index < -0.39 is 0 Å². The van der Waals surface area contributed by atoms with Crippen molar-refractivity contribution in [2.75, 3.05) is 32.8 Å². The molecule has 2 aliphatic heterocycles. The van der Waals surface area contributed by atoms with Crippen LogP contribution >= 0.6 is 0 Å². The summed E-state index contributed by atoms with van der Waals surface area (Å²) in [6, 6.07) is 8.34. The van der Waals surface area contributed by atoms with Crippen LogP contribution < -0.4 is 0 Å². The number of fused-ring (bicyclic) bond motifs is 1. The zero-order valence-electron chi connectivity index (χ0n) is 15.3. The Bertz CT molecular complexity index is 882. The minimum atomic E-state index is 0.0583. The van der Waals surface area contributed by atoms with Crippen molar-refractivity contribution in [3.05, 3.63) is 30.1 Å². The van der Waals surface area contributed by atoms with E-state index in [1.165, 1.54) is 0 Å². The number of amides is 2. The van der Waals surface area contributed by atoms with Crippen molar-refractivity contribution >= 4 is 22.8 Å². The normalized spacial score (nSPS) is 23.4. The lowest BCUT2D eigenvalue weighted by Gasteiger charge is -2.27. The fourth-order valence-corrected chi connectivity index (χ4v) is 4.26. The molecule has 1 unspecified atom stereocenters. The predicted molar refractivity (Wildman–Crippen MR) is 99.2 cm³/mol. The van der Waals surface area contributed by atoms with E-state index in [1.54, 1.807) is 0 Å². The molecule has 3 aliphatic rings. The lowest BCUT2D eigenvalue weighted by molar-refractivity contribution is -0.135. The van der Waals surface area contributed by atoms with Crippen LogP contribution in [0.4, 0.5) is 0 Å². The van der Waals surface area contributed by atoms with E-state index in [0.717, 1.165) is 36.2 Å². The molecule has 0 bridgehead atoms. The molecular weight excluding hydrogens is 344 g/mol. The first kappa shape index (κ1) is 16.7. The number of carbonyl (C=O) groups excluding carboxylic acids is 2. The highest BCUT2D eigenvalue weighted by Crippen LogP contribution is 2.37. The van der Waals surface area contributed by atoms with Crippen molar-refractivity contribution in [2.24, 2.45) is 0 Å². The molecule has 1 aromatic carbocycles. The smallest absolute Gasteiger partial charge is 0.242 e. The Morgan fingerprint density at radius 2 is 1.96 bits per heavy atom. The Labute approximate surface area is 157 Å².